The van der Waals surface area contributed by atoms with E-state index < -0.39 is 5.91 Å². The second kappa shape index (κ2) is 8.69. The van der Waals surface area contributed by atoms with E-state index in [0.29, 0.717) is 11.5 Å². The Morgan fingerprint density at radius 2 is 1.93 bits per heavy atom. The number of hydrogen-bond acceptors (Lipinski definition) is 5. The summed E-state index contributed by atoms with van der Waals surface area (Å²) in [6.07, 6.45) is 3.84. The molecule has 6 heteroatoms. The number of carbonyl (C=O) groups excluding carboxylic acids is 1. The predicted molar refractivity (Wildman–Crippen MR) is 109 cm³/mol. The third-order valence-corrected chi connectivity index (χ3v) is 5.29. The third-order valence-electron chi connectivity index (χ3n) is 5.29. The second-order valence-corrected chi connectivity index (χ2v) is 7.13. The standard InChI is InChI=1S/C22H25N3O3/c1-22(17-9-4-3-5-10-17)14-18(22)12-13-24-28-15-16-8-6-7-11-19(16)20(21(23)26)25-27-2/h3-11,13,18H,12,14-15H2,1-2H3,(H2,23,26). The summed E-state index contributed by atoms with van der Waals surface area (Å²) in [5.41, 5.74) is 8.39. The fourth-order valence-corrected chi connectivity index (χ4v) is 3.49. The van der Waals surface area contributed by atoms with Gasteiger partial charge in [-0.05, 0) is 29.7 Å². The Hall–Kier alpha value is -3.15. The van der Waals surface area contributed by atoms with Crippen LogP contribution in [-0.2, 0) is 26.5 Å². The van der Waals surface area contributed by atoms with Gasteiger partial charge >= 0.3 is 0 Å². The highest BCUT2D eigenvalue weighted by Crippen LogP contribution is 2.55. The molecule has 146 valence electrons. The number of nitrogens with zero attached hydrogens (tertiary/aromatic N) is 2. The van der Waals surface area contributed by atoms with E-state index in [1.54, 1.807) is 12.1 Å². The lowest BCUT2D eigenvalue weighted by Gasteiger charge is -2.10. The zero-order valence-corrected chi connectivity index (χ0v) is 16.2. The normalized spacial score (nSPS) is 21.5. The minimum absolute atomic E-state index is 0.0577. The fourth-order valence-electron chi connectivity index (χ4n) is 3.49. The highest BCUT2D eigenvalue weighted by atomic mass is 16.6. The quantitative estimate of drug-likeness (QED) is 0.535. The maximum Gasteiger partial charge on any atom is 0.271 e. The Bertz CT molecular complexity index is 880. The van der Waals surface area contributed by atoms with E-state index in [4.69, 9.17) is 15.4 Å². The minimum Gasteiger partial charge on any atom is -0.398 e. The van der Waals surface area contributed by atoms with Crippen molar-refractivity contribution in [3.63, 3.8) is 0 Å². The van der Waals surface area contributed by atoms with Gasteiger partial charge in [-0.25, -0.2) is 0 Å². The average Bonchev–Trinajstić information content (AvgIpc) is 3.38. The summed E-state index contributed by atoms with van der Waals surface area (Å²) in [4.78, 5) is 21.8. The van der Waals surface area contributed by atoms with Gasteiger partial charge in [0.2, 0.25) is 0 Å². The lowest BCUT2D eigenvalue weighted by molar-refractivity contribution is -0.112. The maximum atomic E-state index is 11.6. The van der Waals surface area contributed by atoms with Crippen LogP contribution in [0, 0.1) is 5.92 Å². The molecule has 28 heavy (non-hydrogen) atoms. The van der Waals surface area contributed by atoms with E-state index in [-0.39, 0.29) is 17.7 Å². The van der Waals surface area contributed by atoms with Gasteiger partial charge in [0.15, 0.2) is 5.71 Å². The van der Waals surface area contributed by atoms with Crippen LogP contribution >= 0.6 is 0 Å². The van der Waals surface area contributed by atoms with Crippen molar-refractivity contribution in [1.82, 2.24) is 0 Å². The summed E-state index contributed by atoms with van der Waals surface area (Å²) >= 11 is 0. The van der Waals surface area contributed by atoms with Crippen LogP contribution in [0.4, 0.5) is 0 Å². The molecule has 1 aliphatic rings. The van der Waals surface area contributed by atoms with Crippen molar-refractivity contribution in [1.29, 1.82) is 0 Å². The average molecular weight is 379 g/mol. The van der Waals surface area contributed by atoms with E-state index in [2.05, 4.69) is 41.5 Å². The van der Waals surface area contributed by atoms with Gasteiger partial charge in [-0.1, -0.05) is 71.8 Å². The summed E-state index contributed by atoms with van der Waals surface area (Å²) in [5.74, 6) is -0.0865. The molecule has 1 amide bonds. The molecule has 0 aliphatic heterocycles. The molecule has 1 aliphatic carbocycles. The van der Waals surface area contributed by atoms with Crippen LogP contribution in [0.15, 0.2) is 64.9 Å². The molecule has 0 bridgehead atoms. The summed E-state index contributed by atoms with van der Waals surface area (Å²) in [6, 6.07) is 17.8. The first kappa shape index (κ1) is 19.6. The highest BCUT2D eigenvalue weighted by molar-refractivity contribution is 6.45. The molecular formula is C22H25N3O3. The molecule has 2 aromatic carbocycles. The van der Waals surface area contributed by atoms with Crippen molar-refractivity contribution in [2.75, 3.05) is 7.11 Å². The van der Waals surface area contributed by atoms with Gasteiger partial charge in [0.05, 0.1) is 0 Å². The van der Waals surface area contributed by atoms with Gasteiger partial charge in [-0.2, -0.15) is 0 Å². The molecule has 2 N–H and O–H groups in total. The van der Waals surface area contributed by atoms with E-state index in [0.717, 1.165) is 18.4 Å². The van der Waals surface area contributed by atoms with Crippen LogP contribution in [0.25, 0.3) is 0 Å². The van der Waals surface area contributed by atoms with Crippen molar-refractivity contribution in [2.24, 2.45) is 22.0 Å². The monoisotopic (exact) mass is 379 g/mol. The molecule has 0 spiro atoms. The van der Waals surface area contributed by atoms with Crippen molar-refractivity contribution in [3.05, 3.63) is 71.3 Å². The number of hydrogen-bond donors (Lipinski definition) is 1. The second-order valence-electron chi connectivity index (χ2n) is 7.13. The molecular weight excluding hydrogens is 354 g/mol. The molecule has 0 aromatic heterocycles. The zero-order chi connectivity index (χ0) is 20.0. The topological polar surface area (TPSA) is 86.3 Å². The predicted octanol–water partition coefficient (Wildman–Crippen LogP) is 3.39. The first-order valence-corrected chi connectivity index (χ1v) is 9.25. The summed E-state index contributed by atoms with van der Waals surface area (Å²) in [6.45, 7) is 2.50. The summed E-state index contributed by atoms with van der Waals surface area (Å²) < 4.78 is 0. The Morgan fingerprint density at radius 1 is 1.21 bits per heavy atom. The fraction of sp³-hybridized carbons (Fsp3) is 0.318. The molecule has 1 saturated carbocycles. The van der Waals surface area contributed by atoms with Crippen LogP contribution < -0.4 is 5.73 Å². The van der Waals surface area contributed by atoms with Crippen molar-refractivity contribution in [2.45, 2.75) is 31.8 Å². The molecule has 2 atom stereocenters. The van der Waals surface area contributed by atoms with Gasteiger partial charge in [0.1, 0.15) is 13.7 Å². The molecule has 1 fully saturated rings. The molecule has 2 unspecified atom stereocenters. The number of rotatable bonds is 9. The number of oxime groups is 2. The molecule has 2 aromatic rings. The van der Waals surface area contributed by atoms with Gasteiger partial charge < -0.3 is 15.4 Å². The van der Waals surface area contributed by atoms with E-state index in [9.17, 15) is 4.79 Å². The van der Waals surface area contributed by atoms with Crippen LogP contribution in [0.5, 0.6) is 0 Å². The lowest BCUT2D eigenvalue weighted by Crippen LogP contribution is -2.25. The largest absolute Gasteiger partial charge is 0.398 e. The SMILES string of the molecule is CON=C(C(N)=O)c1ccccc1CON=CCC1CC1(C)c1ccccc1. The molecule has 0 radical (unpaired) electrons. The van der Waals surface area contributed by atoms with Gasteiger partial charge in [-0.3, -0.25) is 4.79 Å². The summed E-state index contributed by atoms with van der Waals surface area (Å²) in [5, 5.41) is 7.81. The number of primary amides is 1. The van der Waals surface area contributed by atoms with Gasteiger partial charge in [-0.15, -0.1) is 0 Å². The van der Waals surface area contributed by atoms with Crippen molar-refractivity contribution >= 4 is 17.8 Å². The number of nitrogens with two attached hydrogens (primary N) is 1. The number of amides is 1. The van der Waals surface area contributed by atoms with Crippen LogP contribution in [0.1, 0.15) is 36.5 Å². The minimum atomic E-state index is -0.660. The number of carbonyl (C=O) groups is 1. The lowest BCUT2D eigenvalue weighted by atomic mass is 9.95. The van der Waals surface area contributed by atoms with E-state index >= 15 is 0 Å². The van der Waals surface area contributed by atoms with E-state index in [1.165, 1.54) is 12.7 Å². The first-order chi connectivity index (χ1) is 13.6. The molecule has 6 nitrogen and oxygen atoms in total. The zero-order valence-electron chi connectivity index (χ0n) is 16.2. The Balaban J connectivity index is 1.55. The molecule has 0 saturated heterocycles. The van der Waals surface area contributed by atoms with E-state index in [1.807, 2.05) is 24.4 Å². The highest BCUT2D eigenvalue weighted by Gasteiger charge is 2.50. The van der Waals surface area contributed by atoms with Crippen LogP contribution in [0.2, 0.25) is 0 Å². The van der Waals surface area contributed by atoms with Gasteiger partial charge in [0.25, 0.3) is 5.91 Å². The Labute approximate surface area is 165 Å². The summed E-state index contributed by atoms with van der Waals surface area (Å²) in [7, 11) is 1.37. The van der Waals surface area contributed by atoms with Crippen LogP contribution in [0.3, 0.4) is 0 Å². The van der Waals surface area contributed by atoms with Crippen LogP contribution in [-0.4, -0.2) is 24.9 Å². The molecule has 3 rings (SSSR count). The van der Waals surface area contributed by atoms with Crippen molar-refractivity contribution < 1.29 is 14.5 Å². The maximum absolute atomic E-state index is 11.6. The molecule has 0 heterocycles. The smallest absolute Gasteiger partial charge is 0.271 e. The third kappa shape index (κ3) is 4.39. The van der Waals surface area contributed by atoms with Crippen molar-refractivity contribution in [3.8, 4) is 0 Å². The first-order valence-electron chi connectivity index (χ1n) is 9.25. The Morgan fingerprint density at radius 3 is 2.64 bits per heavy atom. The Kier molecular flexibility index (Phi) is 6.09. The van der Waals surface area contributed by atoms with Gasteiger partial charge in [0, 0.05) is 17.3 Å². The number of benzene rings is 2.